The highest BCUT2D eigenvalue weighted by molar-refractivity contribution is 6.05. The van der Waals surface area contributed by atoms with Crippen LogP contribution in [-0.2, 0) is 0 Å². The molecule has 1 aromatic carbocycles. The zero-order valence-electron chi connectivity index (χ0n) is 7.44. The molecule has 1 aliphatic rings. The zero-order valence-corrected chi connectivity index (χ0v) is 7.44. The third kappa shape index (κ3) is 1.59. The number of aliphatic imine (C=N–C) groups is 1. The first-order valence-corrected chi connectivity index (χ1v) is 4.28. The van der Waals surface area contributed by atoms with E-state index in [9.17, 15) is 0 Å². The Kier molecular flexibility index (Phi) is 2.08. The van der Waals surface area contributed by atoms with E-state index in [1.807, 2.05) is 37.3 Å². The maximum Gasteiger partial charge on any atom is 0.104 e. The highest BCUT2D eigenvalue weighted by Crippen LogP contribution is 2.08. The largest absolute Gasteiger partial charge is 0.268 e. The minimum atomic E-state index is 0.142. The molecule has 0 spiro atoms. The molecule has 2 rings (SSSR count). The molecule has 1 aliphatic heterocycles. The average Bonchev–Trinajstić information content (AvgIpc) is 2.20. The van der Waals surface area contributed by atoms with Crippen LogP contribution in [0, 0.1) is 0 Å². The topological polar surface area (TPSA) is 36.8 Å². The molecule has 0 aliphatic carbocycles. The summed E-state index contributed by atoms with van der Waals surface area (Å²) in [5.41, 5.74) is 4.87. The Balaban J connectivity index is 2.32. The predicted octanol–water partition coefficient (Wildman–Crippen LogP) is 1.41. The minimum absolute atomic E-state index is 0.142. The van der Waals surface area contributed by atoms with E-state index in [0.717, 1.165) is 11.3 Å². The van der Waals surface area contributed by atoms with Gasteiger partial charge in [-0.3, -0.25) is 10.4 Å². The lowest BCUT2D eigenvalue weighted by molar-refractivity contribution is 0.888. The van der Waals surface area contributed by atoms with Gasteiger partial charge in [0.2, 0.25) is 0 Å². The molecule has 1 atom stereocenters. The van der Waals surface area contributed by atoms with Crippen molar-refractivity contribution in [1.29, 1.82) is 0 Å². The fourth-order valence-electron chi connectivity index (χ4n) is 1.32. The van der Waals surface area contributed by atoms with E-state index in [1.54, 1.807) is 6.34 Å². The first kappa shape index (κ1) is 7.98. The van der Waals surface area contributed by atoms with E-state index < -0.39 is 0 Å². The highest BCUT2D eigenvalue weighted by atomic mass is 15.3. The molecule has 0 saturated carbocycles. The van der Waals surface area contributed by atoms with Crippen molar-refractivity contribution >= 4 is 12.1 Å². The molecule has 1 N–H and O–H groups in total. The van der Waals surface area contributed by atoms with Gasteiger partial charge < -0.3 is 0 Å². The Labute approximate surface area is 77.2 Å². The molecule has 3 nitrogen and oxygen atoms in total. The quantitative estimate of drug-likeness (QED) is 0.685. The molecule has 1 aromatic rings. The Hall–Kier alpha value is -1.64. The first-order chi connectivity index (χ1) is 6.38. The Morgan fingerprint density at radius 1 is 1.23 bits per heavy atom. The van der Waals surface area contributed by atoms with Gasteiger partial charge in [0.25, 0.3) is 0 Å². The van der Waals surface area contributed by atoms with Gasteiger partial charge >= 0.3 is 0 Å². The standard InChI is InChI=1S/C10H11N3/c1-8-10(13-12-7-11-8)9-5-3-2-4-6-9/h2-8H,1H3,(H,11,12). The van der Waals surface area contributed by atoms with Crippen LogP contribution >= 0.6 is 0 Å². The van der Waals surface area contributed by atoms with Crippen molar-refractivity contribution in [2.24, 2.45) is 10.1 Å². The van der Waals surface area contributed by atoms with Crippen LogP contribution in [-0.4, -0.2) is 18.1 Å². The average molecular weight is 173 g/mol. The lowest BCUT2D eigenvalue weighted by atomic mass is 10.1. The predicted molar refractivity (Wildman–Crippen MR) is 54.1 cm³/mol. The third-order valence-electron chi connectivity index (χ3n) is 2.01. The van der Waals surface area contributed by atoms with Gasteiger partial charge in [-0.2, -0.15) is 5.10 Å². The lowest BCUT2D eigenvalue weighted by Crippen LogP contribution is -2.25. The summed E-state index contributed by atoms with van der Waals surface area (Å²) in [7, 11) is 0. The third-order valence-corrected chi connectivity index (χ3v) is 2.01. The van der Waals surface area contributed by atoms with Crippen LogP contribution in [0.5, 0.6) is 0 Å². The molecule has 0 aromatic heterocycles. The first-order valence-electron chi connectivity index (χ1n) is 4.28. The second kappa shape index (κ2) is 3.39. The number of hydrogen-bond donors (Lipinski definition) is 1. The van der Waals surface area contributed by atoms with Crippen LogP contribution in [0.4, 0.5) is 0 Å². The van der Waals surface area contributed by atoms with Crippen molar-refractivity contribution in [3.63, 3.8) is 0 Å². The number of benzene rings is 1. The fourth-order valence-corrected chi connectivity index (χ4v) is 1.32. The number of rotatable bonds is 1. The van der Waals surface area contributed by atoms with Gasteiger partial charge in [0, 0.05) is 0 Å². The van der Waals surface area contributed by atoms with E-state index in [1.165, 1.54) is 0 Å². The van der Waals surface area contributed by atoms with Gasteiger partial charge in [0.1, 0.15) is 6.34 Å². The normalized spacial score (nSPS) is 20.7. The van der Waals surface area contributed by atoms with Gasteiger partial charge in [-0.1, -0.05) is 30.3 Å². The molecule has 13 heavy (non-hydrogen) atoms. The number of hydrazone groups is 1. The SMILES string of the molecule is CC1N=CNN=C1c1ccccc1. The number of nitrogens with zero attached hydrogens (tertiary/aromatic N) is 2. The van der Waals surface area contributed by atoms with Crippen LogP contribution in [0.1, 0.15) is 12.5 Å². The van der Waals surface area contributed by atoms with Crippen molar-refractivity contribution in [3.8, 4) is 0 Å². The second-order valence-electron chi connectivity index (χ2n) is 2.95. The van der Waals surface area contributed by atoms with E-state index in [-0.39, 0.29) is 6.04 Å². The molecular formula is C10H11N3. The maximum absolute atomic E-state index is 4.22. The molecule has 3 heteroatoms. The van der Waals surface area contributed by atoms with Crippen LogP contribution in [0.15, 0.2) is 40.4 Å². The van der Waals surface area contributed by atoms with Crippen molar-refractivity contribution in [2.45, 2.75) is 13.0 Å². The summed E-state index contributed by atoms with van der Waals surface area (Å²) in [5, 5.41) is 4.20. The van der Waals surface area contributed by atoms with Crippen LogP contribution in [0.25, 0.3) is 0 Å². The maximum atomic E-state index is 4.22. The summed E-state index contributed by atoms with van der Waals surface area (Å²) >= 11 is 0. The molecule has 0 amide bonds. The zero-order chi connectivity index (χ0) is 9.10. The summed E-state index contributed by atoms with van der Waals surface area (Å²) in [6.45, 7) is 2.03. The number of hydrogen-bond acceptors (Lipinski definition) is 3. The van der Waals surface area contributed by atoms with Gasteiger partial charge in [-0.05, 0) is 12.5 Å². The Morgan fingerprint density at radius 2 is 2.00 bits per heavy atom. The van der Waals surface area contributed by atoms with Crippen LogP contribution in [0.3, 0.4) is 0 Å². The monoisotopic (exact) mass is 173 g/mol. The molecule has 0 radical (unpaired) electrons. The molecule has 1 unspecified atom stereocenters. The van der Waals surface area contributed by atoms with E-state index >= 15 is 0 Å². The van der Waals surface area contributed by atoms with Crippen molar-refractivity contribution in [2.75, 3.05) is 0 Å². The summed E-state index contributed by atoms with van der Waals surface area (Å²) in [6, 6.07) is 10.2. The summed E-state index contributed by atoms with van der Waals surface area (Å²) in [6.07, 6.45) is 1.62. The molecule has 0 saturated heterocycles. The van der Waals surface area contributed by atoms with Crippen molar-refractivity contribution in [1.82, 2.24) is 5.43 Å². The van der Waals surface area contributed by atoms with Crippen LogP contribution in [0.2, 0.25) is 0 Å². The molecule has 0 fully saturated rings. The molecule has 66 valence electrons. The summed E-state index contributed by atoms with van der Waals surface area (Å²) in [5.74, 6) is 0. The summed E-state index contributed by atoms with van der Waals surface area (Å²) < 4.78 is 0. The van der Waals surface area contributed by atoms with E-state index in [0.29, 0.717) is 0 Å². The van der Waals surface area contributed by atoms with Gasteiger partial charge in [0.05, 0.1) is 11.8 Å². The number of nitrogens with one attached hydrogen (secondary N) is 1. The highest BCUT2D eigenvalue weighted by Gasteiger charge is 2.12. The van der Waals surface area contributed by atoms with Gasteiger partial charge in [0.15, 0.2) is 0 Å². The smallest absolute Gasteiger partial charge is 0.104 e. The molecule has 1 heterocycles. The van der Waals surface area contributed by atoms with Crippen molar-refractivity contribution < 1.29 is 0 Å². The van der Waals surface area contributed by atoms with Gasteiger partial charge in [-0.15, -0.1) is 0 Å². The molecular weight excluding hydrogens is 162 g/mol. The fraction of sp³-hybridized carbons (Fsp3) is 0.200. The Morgan fingerprint density at radius 3 is 2.69 bits per heavy atom. The van der Waals surface area contributed by atoms with Crippen molar-refractivity contribution in [3.05, 3.63) is 35.9 Å². The Bertz CT molecular complexity index is 340. The van der Waals surface area contributed by atoms with Gasteiger partial charge in [-0.25, -0.2) is 0 Å². The summed E-state index contributed by atoms with van der Waals surface area (Å²) in [4.78, 5) is 4.22. The minimum Gasteiger partial charge on any atom is -0.268 e. The van der Waals surface area contributed by atoms with E-state index in [2.05, 4.69) is 15.5 Å². The second-order valence-corrected chi connectivity index (χ2v) is 2.95. The van der Waals surface area contributed by atoms with Crippen LogP contribution < -0.4 is 5.43 Å². The molecule has 0 bridgehead atoms. The lowest BCUT2D eigenvalue weighted by Gasteiger charge is -2.14. The van der Waals surface area contributed by atoms with E-state index in [4.69, 9.17) is 0 Å².